The molecule has 0 saturated heterocycles. The van der Waals surface area contributed by atoms with E-state index < -0.39 is 12.0 Å². The third-order valence-corrected chi connectivity index (χ3v) is 6.93. The molecule has 0 fully saturated rings. The summed E-state index contributed by atoms with van der Waals surface area (Å²) in [6.07, 6.45) is 8.35. The molecule has 6 nitrogen and oxygen atoms in total. The molecule has 0 spiro atoms. The van der Waals surface area contributed by atoms with Crippen LogP contribution in [-0.2, 0) is 11.2 Å². The van der Waals surface area contributed by atoms with Gasteiger partial charge in [-0.05, 0) is 54.1 Å². The number of anilines is 1. The highest BCUT2D eigenvalue weighted by molar-refractivity contribution is 5.92. The summed E-state index contributed by atoms with van der Waals surface area (Å²) in [7, 11) is 1.79. The largest absolute Gasteiger partial charge is 0.480 e. The fraction of sp³-hybridized carbons (Fsp3) is 0.533. The monoisotopic (exact) mass is 495 g/mol. The zero-order valence-electron chi connectivity index (χ0n) is 22.6. The van der Waals surface area contributed by atoms with E-state index in [1.165, 1.54) is 19.3 Å². The number of nitrogens with zero attached hydrogens (tertiary/aromatic N) is 1. The normalized spacial score (nSPS) is 11.9. The van der Waals surface area contributed by atoms with Gasteiger partial charge in [0, 0.05) is 19.3 Å². The van der Waals surface area contributed by atoms with Crippen molar-refractivity contribution >= 4 is 17.7 Å². The molecular weight excluding hydrogens is 450 g/mol. The molecule has 0 heterocycles. The van der Waals surface area contributed by atoms with Crippen molar-refractivity contribution in [3.8, 4) is 11.1 Å². The number of aliphatic carboxylic acids is 1. The minimum absolute atomic E-state index is 0.0985. The van der Waals surface area contributed by atoms with Gasteiger partial charge in [-0.25, -0.2) is 4.79 Å². The summed E-state index contributed by atoms with van der Waals surface area (Å²) in [4.78, 5) is 26.0. The first-order chi connectivity index (χ1) is 17.4. The van der Waals surface area contributed by atoms with E-state index in [2.05, 4.69) is 31.4 Å². The Morgan fingerprint density at radius 2 is 1.61 bits per heavy atom. The topological polar surface area (TPSA) is 81.7 Å². The first-order valence-corrected chi connectivity index (χ1v) is 13.6. The molecule has 0 aliphatic carbocycles. The highest BCUT2D eigenvalue weighted by Gasteiger charge is 2.19. The van der Waals surface area contributed by atoms with Crippen molar-refractivity contribution in [2.24, 2.45) is 5.92 Å². The van der Waals surface area contributed by atoms with Crippen molar-refractivity contribution in [3.63, 3.8) is 0 Å². The van der Waals surface area contributed by atoms with Crippen LogP contribution in [0.15, 0.2) is 48.5 Å². The van der Waals surface area contributed by atoms with E-state index in [1.54, 1.807) is 11.9 Å². The summed E-state index contributed by atoms with van der Waals surface area (Å²) in [6, 6.07) is 15.2. The lowest BCUT2D eigenvalue weighted by atomic mass is 9.99. The van der Waals surface area contributed by atoms with Gasteiger partial charge in [0.2, 0.25) is 0 Å². The lowest BCUT2D eigenvalue weighted by Crippen LogP contribution is -2.41. The maximum absolute atomic E-state index is 12.6. The minimum atomic E-state index is -0.819. The second-order valence-electron chi connectivity index (χ2n) is 9.64. The fourth-order valence-corrected chi connectivity index (χ4v) is 4.26. The van der Waals surface area contributed by atoms with Crippen molar-refractivity contribution in [1.29, 1.82) is 0 Å². The van der Waals surface area contributed by atoms with Gasteiger partial charge in [-0.3, -0.25) is 9.69 Å². The fourth-order valence-electron chi connectivity index (χ4n) is 4.26. The predicted octanol–water partition coefficient (Wildman–Crippen LogP) is 6.49. The van der Waals surface area contributed by atoms with Gasteiger partial charge in [-0.1, -0.05) is 95.7 Å². The van der Waals surface area contributed by atoms with Crippen molar-refractivity contribution < 1.29 is 14.7 Å². The molecule has 0 aromatic heterocycles. The van der Waals surface area contributed by atoms with E-state index in [-0.39, 0.29) is 6.03 Å². The maximum Gasteiger partial charge on any atom is 0.321 e. The standard InChI is InChI=1S/C30H45N3O3/c1-5-8-9-10-11-19-31-30(36)33(4)27-14-12-13-26(21-27)25-17-15-24(16-18-25)20-28(29(34)35)32-22-23(6-2)7-3/h12-18,21,23,28,32H,5-11,19-20,22H2,1-4H3,(H,31,36)(H,34,35). The molecule has 0 saturated carbocycles. The van der Waals surface area contributed by atoms with Gasteiger partial charge in [0.1, 0.15) is 6.04 Å². The van der Waals surface area contributed by atoms with E-state index in [9.17, 15) is 14.7 Å². The number of benzene rings is 2. The Balaban J connectivity index is 1.97. The van der Waals surface area contributed by atoms with Gasteiger partial charge in [-0.15, -0.1) is 0 Å². The third kappa shape index (κ3) is 9.65. The number of amides is 2. The van der Waals surface area contributed by atoms with Gasteiger partial charge < -0.3 is 15.7 Å². The third-order valence-electron chi connectivity index (χ3n) is 6.93. The SMILES string of the molecule is CCCCCCCNC(=O)N(C)c1cccc(-c2ccc(CC(NCC(CC)CC)C(=O)O)cc2)c1. The Morgan fingerprint density at radius 1 is 0.917 bits per heavy atom. The van der Waals surface area contributed by atoms with Crippen molar-refractivity contribution in [2.45, 2.75) is 78.2 Å². The van der Waals surface area contributed by atoms with E-state index in [4.69, 9.17) is 0 Å². The second-order valence-corrected chi connectivity index (χ2v) is 9.64. The molecule has 0 aliphatic rings. The molecule has 3 N–H and O–H groups in total. The van der Waals surface area contributed by atoms with Crippen molar-refractivity contribution in [1.82, 2.24) is 10.6 Å². The van der Waals surface area contributed by atoms with Crippen LogP contribution >= 0.6 is 0 Å². The highest BCUT2D eigenvalue weighted by atomic mass is 16.4. The van der Waals surface area contributed by atoms with Gasteiger partial charge in [-0.2, -0.15) is 0 Å². The molecule has 36 heavy (non-hydrogen) atoms. The van der Waals surface area contributed by atoms with Crippen LogP contribution in [0.4, 0.5) is 10.5 Å². The van der Waals surface area contributed by atoms with Crippen LogP contribution in [0.1, 0.15) is 71.3 Å². The van der Waals surface area contributed by atoms with E-state index in [0.29, 0.717) is 18.9 Å². The van der Waals surface area contributed by atoms with E-state index in [1.807, 2.05) is 48.5 Å². The zero-order chi connectivity index (χ0) is 26.3. The Bertz CT molecular complexity index is 925. The average Bonchev–Trinajstić information content (AvgIpc) is 2.90. The molecule has 0 radical (unpaired) electrons. The molecule has 0 bridgehead atoms. The summed E-state index contributed by atoms with van der Waals surface area (Å²) in [5.41, 5.74) is 3.86. The van der Waals surface area contributed by atoms with Crippen LogP contribution < -0.4 is 15.5 Å². The maximum atomic E-state index is 12.6. The van der Waals surface area contributed by atoms with Crippen molar-refractivity contribution in [3.05, 3.63) is 54.1 Å². The van der Waals surface area contributed by atoms with Crippen LogP contribution in [0.3, 0.4) is 0 Å². The van der Waals surface area contributed by atoms with Crippen LogP contribution in [0.5, 0.6) is 0 Å². The molecule has 0 aliphatic heterocycles. The number of unbranched alkanes of at least 4 members (excludes halogenated alkanes) is 4. The number of rotatable bonds is 16. The molecular formula is C30H45N3O3. The number of carbonyl (C=O) groups excluding carboxylic acids is 1. The summed E-state index contributed by atoms with van der Waals surface area (Å²) in [5.74, 6) is -0.326. The number of hydrogen-bond acceptors (Lipinski definition) is 3. The molecule has 2 aromatic rings. The summed E-state index contributed by atoms with van der Waals surface area (Å²) < 4.78 is 0. The molecule has 2 aromatic carbocycles. The summed E-state index contributed by atoms with van der Waals surface area (Å²) in [6.45, 7) is 7.88. The first kappa shape index (κ1) is 29.4. The smallest absolute Gasteiger partial charge is 0.321 e. The Labute approximate surface area is 217 Å². The van der Waals surface area contributed by atoms with Gasteiger partial charge in [0.05, 0.1) is 0 Å². The molecule has 6 heteroatoms. The van der Waals surface area contributed by atoms with E-state index in [0.717, 1.165) is 54.6 Å². The van der Waals surface area contributed by atoms with Gasteiger partial charge >= 0.3 is 12.0 Å². The number of hydrogen-bond donors (Lipinski definition) is 3. The summed E-state index contributed by atoms with van der Waals surface area (Å²) >= 11 is 0. The predicted molar refractivity (Wildman–Crippen MR) is 150 cm³/mol. The number of carboxylic acids is 1. The second kappa shape index (κ2) is 16.0. The Hall–Kier alpha value is -2.86. The van der Waals surface area contributed by atoms with Gasteiger partial charge in [0.25, 0.3) is 0 Å². The van der Waals surface area contributed by atoms with Crippen molar-refractivity contribution in [2.75, 3.05) is 25.0 Å². The molecule has 2 amide bonds. The quantitative estimate of drug-likeness (QED) is 0.232. The average molecular weight is 496 g/mol. The van der Waals surface area contributed by atoms with Gasteiger partial charge in [0.15, 0.2) is 0 Å². The van der Waals surface area contributed by atoms with Crippen LogP contribution in [-0.4, -0.2) is 43.3 Å². The Kier molecular flexibility index (Phi) is 13.1. The highest BCUT2D eigenvalue weighted by Crippen LogP contribution is 2.25. The van der Waals surface area contributed by atoms with Crippen LogP contribution in [0.25, 0.3) is 11.1 Å². The number of nitrogens with one attached hydrogen (secondary N) is 2. The molecule has 2 rings (SSSR count). The lowest BCUT2D eigenvalue weighted by Gasteiger charge is -2.19. The zero-order valence-corrected chi connectivity index (χ0v) is 22.6. The van der Waals surface area contributed by atoms with Crippen LogP contribution in [0, 0.1) is 5.92 Å². The molecule has 198 valence electrons. The van der Waals surface area contributed by atoms with E-state index >= 15 is 0 Å². The minimum Gasteiger partial charge on any atom is -0.480 e. The lowest BCUT2D eigenvalue weighted by molar-refractivity contribution is -0.139. The molecule has 1 unspecified atom stereocenters. The summed E-state index contributed by atoms with van der Waals surface area (Å²) in [5, 5.41) is 15.9. The van der Waals surface area contributed by atoms with Crippen LogP contribution in [0.2, 0.25) is 0 Å². The number of carbonyl (C=O) groups is 2. The Morgan fingerprint density at radius 3 is 2.25 bits per heavy atom. The first-order valence-electron chi connectivity index (χ1n) is 13.6. The number of carboxylic acid groups (broad SMARTS) is 1. The molecule has 1 atom stereocenters. The number of urea groups is 1.